The van der Waals surface area contributed by atoms with Crippen LogP contribution >= 0.6 is 0 Å². The zero-order valence-electron chi connectivity index (χ0n) is 13.3. The van der Waals surface area contributed by atoms with Gasteiger partial charge in [-0.1, -0.05) is 62.2 Å². The summed E-state index contributed by atoms with van der Waals surface area (Å²) in [6, 6.07) is 16.6. The SMILES string of the molecule is CCCC[C@@H](NC(=O)c1ccc(-c2ccccc2)cc1)C(N)=O. The second-order valence-electron chi connectivity index (χ2n) is 5.51. The van der Waals surface area contributed by atoms with Crippen molar-refractivity contribution in [2.45, 2.75) is 32.2 Å². The molecule has 2 aromatic carbocycles. The van der Waals surface area contributed by atoms with E-state index in [1.807, 2.05) is 49.4 Å². The predicted molar refractivity (Wildman–Crippen MR) is 91.9 cm³/mol. The van der Waals surface area contributed by atoms with Gasteiger partial charge in [0.2, 0.25) is 5.91 Å². The van der Waals surface area contributed by atoms with Crippen molar-refractivity contribution in [3.05, 3.63) is 60.2 Å². The molecule has 0 heterocycles. The van der Waals surface area contributed by atoms with Crippen LogP contribution in [0.4, 0.5) is 0 Å². The third-order valence-electron chi connectivity index (χ3n) is 3.75. The molecule has 0 aromatic heterocycles. The summed E-state index contributed by atoms with van der Waals surface area (Å²) in [5, 5.41) is 2.71. The standard InChI is InChI=1S/C19H22N2O2/c1-2-3-9-17(18(20)22)21-19(23)16-12-10-15(11-13-16)14-7-5-4-6-8-14/h4-8,10-13,17H,2-3,9H2,1H3,(H2,20,22)(H,21,23)/t17-/m1/s1. The third-order valence-corrected chi connectivity index (χ3v) is 3.75. The van der Waals surface area contributed by atoms with E-state index in [0.717, 1.165) is 24.0 Å². The van der Waals surface area contributed by atoms with Gasteiger partial charge >= 0.3 is 0 Å². The fourth-order valence-electron chi connectivity index (χ4n) is 2.38. The molecule has 120 valence electrons. The van der Waals surface area contributed by atoms with Crippen LogP contribution in [-0.4, -0.2) is 17.9 Å². The summed E-state index contributed by atoms with van der Waals surface area (Å²) in [6.07, 6.45) is 2.37. The van der Waals surface area contributed by atoms with Gasteiger partial charge in [-0.3, -0.25) is 9.59 Å². The molecule has 0 spiro atoms. The molecule has 0 radical (unpaired) electrons. The molecule has 0 saturated heterocycles. The van der Waals surface area contributed by atoms with Gasteiger partial charge in [-0.05, 0) is 29.7 Å². The van der Waals surface area contributed by atoms with E-state index in [4.69, 9.17) is 5.73 Å². The van der Waals surface area contributed by atoms with E-state index >= 15 is 0 Å². The van der Waals surface area contributed by atoms with E-state index in [9.17, 15) is 9.59 Å². The first-order valence-corrected chi connectivity index (χ1v) is 7.87. The number of carbonyl (C=O) groups is 2. The molecule has 0 saturated carbocycles. The van der Waals surface area contributed by atoms with Crippen molar-refractivity contribution in [1.29, 1.82) is 0 Å². The second kappa shape index (κ2) is 8.13. The molecule has 4 nitrogen and oxygen atoms in total. The summed E-state index contributed by atoms with van der Waals surface area (Å²) in [7, 11) is 0. The summed E-state index contributed by atoms with van der Waals surface area (Å²) >= 11 is 0. The maximum Gasteiger partial charge on any atom is 0.251 e. The predicted octanol–water partition coefficient (Wildman–Crippen LogP) is 3.13. The van der Waals surface area contributed by atoms with E-state index < -0.39 is 11.9 Å². The van der Waals surface area contributed by atoms with Gasteiger partial charge in [0.25, 0.3) is 5.91 Å². The van der Waals surface area contributed by atoms with Crippen LogP contribution in [0.3, 0.4) is 0 Å². The Kier molecular flexibility index (Phi) is 5.92. The Morgan fingerprint density at radius 2 is 1.61 bits per heavy atom. The number of rotatable bonds is 7. The number of hydrogen-bond acceptors (Lipinski definition) is 2. The zero-order chi connectivity index (χ0) is 16.7. The first kappa shape index (κ1) is 16.7. The Morgan fingerprint density at radius 3 is 2.17 bits per heavy atom. The number of benzene rings is 2. The smallest absolute Gasteiger partial charge is 0.251 e. The lowest BCUT2D eigenvalue weighted by molar-refractivity contribution is -0.120. The Hall–Kier alpha value is -2.62. The fraction of sp³-hybridized carbons (Fsp3) is 0.263. The topological polar surface area (TPSA) is 72.2 Å². The largest absolute Gasteiger partial charge is 0.368 e. The average Bonchev–Trinajstić information content (AvgIpc) is 2.59. The zero-order valence-corrected chi connectivity index (χ0v) is 13.3. The molecular weight excluding hydrogens is 288 g/mol. The molecule has 2 rings (SSSR count). The maximum absolute atomic E-state index is 12.3. The van der Waals surface area contributed by atoms with Gasteiger partial charge in [-0.2, -0.15) is 0 Å². The number of nitrogens with one attached hydrogen (secondary N) is 1. The van der Waals surface area contributed by atoms with E-state index in [-0.39, 0.29) is 5.91 Å². The van der Waals surface area contributed by atoms with E-state index in [1.165, 1.54) is 0 Å². The highest BCUT2D eigenvalue weighted by Crippen LogP contribution is 2.19. The molecule has 0 fully saturated rings. The monoisotopic (exact) mass is 310 g/mol. The van der Waals surface area contributed by atoms with Crippen LogP contribution < -0.4 is 11.1 Å². The molecule has 2 amide bonds. The highest BCUT2D eigenvalue weighted by atomic mass is 16.2. The van der Waals surface area contributed by atoms with Gasteiger partial charge in [0.1, 0.15) is 6.04 Å². The van der Waals surface area contributed by atoms with Gasteiger partial charge in [-0.15, -0.1) is 0 Å². The lowest BCUT2D eigenvalue weighted by Crippen LogP contribution is -2.44. The van der Waals surface area contributed by atoms with Gasteiger partial charge in [-0.25, -0.2) is 0 Å². The quantitative estimate of drug-likeness (QED) is 0.824. The molecular formula is C19H22N2O2. The highest BCUT2D eigenvalue weighted by molar-refractivity contribution is 5.97. The van der Waals surface area contributed by atoms with Crippen molar-refractivity contribution in [2.75, 3.05) is 0 Å². The van der Waals surface area contributed by atoms with Crippen LogP contribution in [-0.2, 0) is 4.79 Å². The Morgan fingerprint density at radius 1 is 1.00 bits per heavy atom. The number of nitrogens with two attached hydrogens (primary N) is 1. The van der Waals surface area contributed by atoms with E-state index in [2.05, 4.69) is 5.32 Å². The van der Waals surface area contributed by atoms with Crippen LogP contribution in [0.25, 0.3) is 11.1 Å². The van der Waals surface area contributed by atoms with Gasteiger partial charge in [0.05, 0.1) is 0 Å². The minimum atomic E-state index is -0.615. The molecule has 1 atom stereocenters. The van der Waals surface area contributed by atoms with Gasteiger partial charge in [0.15, 0.2) is 0 Å². The highest BCUT2D eigenvalue weighted by Gasteiger charge is 2.18. The molecule has 2 aromatic rings. The molecule has 0 bridgehead atoms. The van der Waals surface area contributed by atoms with Crippen LogP contribution in [0.1, 0.15) is 36.5 Å². The Labute approximate surface area is 136 Å². The summed E-state index contributed by atoms with van der Waals surface area (Å²) in [5.74, 6) is -0.766. The van der Waals surface area contributed by atoms with E-state index in [1.54, 1.807) is 12.1 Å². The minimum absolute atomic E-state index is 0.274. The van der Waals surface area contributed by atoms with Crippen LogP contribution in [0.15, 0.2) is 54.6 Å². The molecule has 0 aliphatic carbocycles. The number of primary amides is 1. The van der Waals surface area contributed by atoms with Crippen LogP contribution in [0.5, 0.6) is 0 Å². The van der Waals surface area contributed by atoms with Crippen LogP contribution in [0, 0.1) is 0 Å². The van der Waals surface area contributed by atoms with E-state index in [0.29, 0.717) is 12.0 Å². The second-order valence-corrected chi connectivity index (χ2v) is 5.51. The third kappa shape index (κ3) is 4.68. The molecule has 0 aliphatic rings. The molecule has 23 heavy (non-hydrogen) atoms. The van der Waals surface area contributed by atoms with Gasteiger partial charge < -0.3 is 11.1 Å². The summed E-state index contributed by atoms with van der Waals surface area (Å²) in [4.78, 5) is 23.7. The number of carbonyl (C=O) groups excluding carboxylic acids is 2. The summed E-state index contributed by atoms with van der Waals surface area (Å²) < 4.78 is 0. The fourth-order valence-corrected chi connectivity index (χ4v) is 2.38. The molecule has 0 aliphatic heterocycles. The van der Waals surface area contributed by atoms with Crippen molar-refractivity contribution in [1.82, 2.24) is 5.32 Å². The molecule has 4 heteroatoms. The van der Waals surface area contributed by atoms with Crippen molar-refractivity contribution < 1.29 is 9.59 Å². The maximum atomic E-state index is 12.3. The minimum Gasteiger partial charge on any atom is -0.368 e. The molecule has 3 N–H and O–H groups in total. The number of hydrogen-bond donors (Lipinski definition) is 2. The van der Waals surface area contributed by atoms with Crippen LogP contribution in [0.2, 0.25) is 0 Å². The van der Waals surface area contributed by atoms with Crippen molar-refractivity contribution in [2.24, 2.45) is 5.73 Å². The average molecular weight is 310 g/mol. The lowest BCUT2D eigenvalue weighted by atomic mass is 10.0. The first-order valence-electron chi connectivity index (χ1n) is 7.87. The van der Waals surface area contributed by atoms with Crippen molar-refractivity contribution >= 4 is 11.8 Å². The summed E-state index contributed by atoms with van der Waals surface area (Å²) in [5.41, 5.74) is 8.01. The normalized spacial score (nSPS) is 11.7. The number of unbranched alkanes of at least 4 members (excludes halogenated alkanes) is 1. The number of amides is 2. The van der Waals surface area contributed by atoms with Crippen molar-refractivity contribution in [3.8, 4) is 11.1 Å². The van der Waals surface area contributed by atoms with Gasteiger partial charge in [0, 0.05) is 5.56 Å². The Balaban J connectivity index is 2.06. The Bertz CT molecular complexity index is 651. The first-order chi connectivity index (χ1) is 11.1. The summed E-state index contributed by atoms with van der Waals surface area (Å²) in [6.45, 7) is 2.03. The van der Waals surface area contributed by atoms with Crippen molar-refractivity contribution in [3.63, 3.8) is 0 Å². The lowest BCUT2D eigenvalue weighted by Gasteiger charge is -2.15. The molecule has 0 unspecified atom stereocenters.